The van der Waals surface area contributed by atoms with Gasteiger partial charge in [-0.2, -0.15) is 0 Å². The van der Waals surface area contributed by atoms with E-state index in [1.807, 2.05) is 18.2 Å². The number of benzene rings is 1. The van der Waals surface area contributed by atoms with Gasteiger partial charge in [0.05, 0.1) is 6.10 Å². The van der Waals surface area contributed by atoms with Crippen LogP contribution in [0, 0.1) is 0 Å². The number of aromatic nitrogens is 1. The molecular formula is C12H14N2O2. The van der Waals surface area contributed by atoms with E-state index in [0.717, 1.165) is 16.5 Å². The van der Waals surface area contributed by atoms with Gasteiger partial charge in [-0.05, 0) is 35.6 Å². The van der Waals surface area contributed by atoms with Gasteiger partial charge in [0.25, 0.3) is 0 Å². The summed E-state index contributed by atoms with van der Waals surface area (Å²) in [7, 11) is 0. The van der Waals surface area contributed by atoms with Crippen LogP contribution in [0.25, 0.3) is 10.9 Å². The van der Waals surface area contributed by atoms with Gasteiger partial charge in [0.15, 0.2) is 0 Å². The summed E-state index contributed by atoms with van der Waals surface area (Å²) in [5, 5.41) is 10.4. The molecule has 0 saturated carbocycles. The van der Waals surface area contributed by atoms with E-state index in [0.29, 0.717) is 6.42 Å². The molecule has 4 heteroatoms. The highest BCUT2D eigenvalue weighted by molar-refractivity contribution is 5.78. The fourth-order valence-corrected chi connectivity index (χ4v) is 1.69. The second-order valence-corrected chi connectivity index (χ2v) is 3.84. The van der Waals surface area contributed by atoms with E-state index in [1.54, 1.807) is 6.07 Å². The normalized spacial score (nSPS) is 12.9. The third kappa shape index (κ3) is 2.29. The van der Waals surface area contributed by atoms with Crippen molar-refractivity contribution in [2.24, 2.45) is 5.73 Å². The van der Waals surface area contributed by atoms with Gasteiger partial charge in [0.2, 0.25) is 5.56 Å². The molecule has 4 nitrogen and oxygen atoms in total. The molecule has 4 N–H and O–H groups in total. The van der Waals surface area contributed by atoms with Crippen molar-refractivity contribution >= 4 is 10.9 Å². The van der Waals surface area contributed by atoms with Crippen molar-refractivity contribution in [2.45, 2.75) is 12.5 Å². The molecule has 0 radical (unpaired) electrons. The number of H-pyrrole nitrogens is 1. The maximum atomic E-state index is 11.1. The van der Waals surface area contributed by atoms with Gasteiger partial charge in [-0.1, -0.05) is 6.07 Å². The summed E-state index contributed by atoms with van der Waals surface area (Å²) in [6, 6.07) is 8.94. The Hall–Kier alpha value is -1.65. The lowest BCUT2D eigenvalue weighted by Crippen LogP contribution is -2.21. The number of fused-ring (bicyclic) bond motifs is 1. The van der Waals surface area contributed by atoms with Crippen molar-refractivity contribution in [1.29, 1.82) is 0 Å². The predicted octanol–water partition coefficient (Wildman–Crippen LogP) is 0.390. The fraction of sp³-hybridized carbons (Fsp3) is 0.250. The lowest BCUT2D eigenvalue weighted by Gasteiger charge is -2.08. The number of aliphatic hydroxyl groups excluding tert-OH is 1. The average Bonchev–Trinajstić information content (AvgIpc) is 2.29. The number of hydrogen-bond donors (Lipinski definition) is 3. The van der Waals surface area contributed by atoms with Crippen molar-refractivity contribution in [3.05, 3.63) is 46.2 Å². The smallest absolute Gasteiger partial charge is 0.248 e. The monoisotopic (exact) mass is 218 g/mol. The first-order valence-electron chi connectivity index (χ1n) is 5.19. The third-order valence-corrected chi connectivity index (χ3v) is 2.53. The molecule has 0 saturated heterocycles. The maximum absolute atomic E-state index is 11.1. The summed E-state index contributed by atoms with van der Waals surface area (Å²) in [5.74, 6) is 0. The van der Waals surface area contributed by atoms with E-state index >= 15 is 0 Å². The molecule has 1 unspecified atom stereocenters. The number of pyridine rings is 1. The molecule has 0 bridgehead atoms. The molecule has 0 spiro atoms. The summed E-state index contributed by atoms with van der Waals surface area (Å²) in [4.78, 5) is 13.8. The van der Waals surface area contributed by atoms with Gasteiger partial charge in [0.1, 0.15) is 0 Å². The van der Waals surface area contributed by atoms with Crippen LogP contribution in [0.3, 0.4) is 0 Å². The lowest BCUT2D eigenvalue weighted by atomic mass is 10.1. The molecule has 0 aliphatic heterocycles. The van der Waals surface area contributed by atoms with Crippen LogP contribution >= 0.6 is 0 Å². The highest BCUT2D eigenvalue weighted by Gasteiger charge is 2.03. The average molecular weight is 218 g/mol. The van der Waals surface area contributed by atoms with E-state index in [1.165, 1.54) is 6.07 Å². The molecule has 2 aromatic rings. The first kappa shape index (κ1) is 10.9. The second kappa shape index (κ2) is 4.47. The molecule has 0 aliphatic carbocycles. The molecule has 0 aliphatic rings. The van der Waals surface area contributed by atoms with E-state index in [9.17, 15) is 9.90 Å². The number of aromatic amines is 1. The lowest BCUT2D eigenvalue weighted by molar-refractivity contribution is 0.183. The van der Waals surface area contributed by atoms with Gasteiger partial charge in [-0.3, -0.25) is 4.79 Å². The van der Waals surface area contributed by atoms with E-state index in [-0.39, 0.29) is 12.1 Å². The van der Waals surface area contributed by atoms with Crippen LogP contribution in [-0.2, 0) is 6.42 Å². The minimum atomic E-state index is -0.514. The Morgan fingerprint density at radius 3 is 2.88 bits per heavy atom. The molecule has 1 aromatic carbocycles. The molecule has 0 amide bonds. The Bertz CT molecular complexity index is 548. The van der Waals surface area contributed by atoms with Gasteiger partial charge >= 0.3 is 0 Å². The number of nitrogens with one attached hydrogen (secondary N) is 1. The van der Waals surface area contributed by atoms with Crippen LogP contribution in [-0.4, -0.2) is 22.7 Å². The van der Waals surface area contributed by atoms with Crippen molar-refractivity contribution in [1.82, 2.24) is 4.98 Å². The van der Waals surface area contributed by atoms with Crippen molar-refractivity contribution < 1.29 is 5.11 Å². The van der Waals surface area contributed by atoms with Crippen molar-refractivity contribution in [2.75, 3.05) is 6.54 Å². The zero-order valence-electron chi connectivity index (χ0n) is 8.81. The summed E-state index contributed by atoms with van der Waals surface area (Å²) in [6.07, 6.45) is 0.0196. The fourth-order valence-electron chi connectivity index (χ4n) is 1.69. The first-order chi connectivity index (χ1) is 7.69. The summed E-state index contributed by atoms with van der Waals surface area (Å²) in [5.41, 5.74) is 7.06. The Balaban J connectivity index is 2.37. The molecule has 2 rings (SSSR count). The van der Waals surface area contributed by atoms with E-state index in [4.69, 9.17) is 5.73 Å². The van der Waals surface area contributed by atoms with Crippen molar-refractivity contribution in [3.63, 3.8) is 0 Å². The highest BCUT2D eigenvalue weighted by atomic mass is 16.3. The zero-order chi connectivity index (χ0) is 11.5. The zero-order valence-corrected chi connectivity index (χ0v) is 8.81. The van der Waals surface area contributed by atoms with Crippen LogP contribution in [0.5, 0.6) is 0 Å². The van der Waals surface area contributed by atoms with Crippen LogP contribution in [0.2, 0.25) is 0 Å². The minimum Gasteiger partial charge on any atom is -0.391 e. The predicted molar refractivity (Wildman–Crippen MR) is 63.3 cm³/mol. The second-order valence-electron chi connectivity index (χ2n) is 3.84. The van der Waals surface area contributed by atoms with Gasteiger partial charge in [0, 0.05) is 18.1 Å². The first-order valence-corrected chi connectivity index (χ1v) is 5.19. The minimum absolute atomic E-state index is 0.109. The Labute approximate surface area is 92.7 Å². The quantitative estimate of drug-likeness (QED) is 0.697. The molecular weight excluding hydrogens is 204 g/mol. The number of rotatable bonds is 3. The Morgan fingerprint density at radius 2 is 2.12 bits per heavy atom. The summed E-state index contributed by atoms with van der Waals surface area (Å²) < 4.78 is 0. The number of aliphatic hydroxyl groups is 1. The topological polar surface area (TPSA) is 79.1 Å². The number of nitrogens with two attached hydrogens (primary N) is 1. The third-order valence-electron chi connectivity index (χ3n) is 2.53. The Morgan fingerprint density at radius 1 is 1.31 bits per heavy atom. The number of hydrogen-bond acceptors (Lipinski definition) is 3. The summed E-state index contributed by atoms with van der Waals surface area (Å²) in [6.45, 7) is 0.254. The molecule has 84 valence electrons. The molecule has 1 aromatic heterocycles. The van der Waals surface area contributed by atoms with E-state index < -0.39 is 6.10 Å². The largest absolute Gasteiger partial charge is 0.391 e. The summed E-state index contributed by atoms with van der Waals surface area (Å²) >= 11 is 0. The van der Waals surface area contributed by atoms with Crippen LogP contribution in [0.15, 0.2) is 35.1 Å². The SMILES string of the molecule is NCC(O)Cc1ccc2[nH]c(=O)ccc2c1. The highest BCUT2D eigenvalue weighted by Crippen LogP contribution is 2.13. The Kier molecular flexibility index (Phi) is 3.03. The van der Waals surface area contributed by atoms with Crippen LogP contribution in [0.1, 0.15) is 5.56 Å². The van der Waals surface area contributed by atoms with E-state index in [2.05, 4.69) is 4.98 Å². The molecule has 0 fully saturated rings. The van der Waals surface area contributed by atoms with Gasteiger partial charge in [-0.25, -0.2) is 0 Å². The van der Waals surface area contributed by atoms with Gasteiger partial charge < -0.3 is 15.8 Å². The van der Waals surface area contributed by atoms with Gasteiger partial charge in [-0.15, -0.1) is 0 Å². The maximum Gasteiger partial charge on any atom is 0.248 e. The van der Waals surface area contributed by atoms with Crippen molar-refractivity contribution in [3.8, 4) is 0 Å². The molecule has 16 heavy (non-hydrogen) atoms. The standard InChI is InChI=1S/C12H14N2O2/c13-7-10(15)6-8-1-3-11-9(5-8)2-4-12(16)14-11/h1-5,10,15H,6-7,13H2,(H,14,16). The van der Waals surface area contributed by atoms with Crippen LogP contribution in [0.4, 0.5) is 0 Å². The molecule has 1 heterocycles. The van der Waals surface area contributed by atoms with Crippen LogP contribution < -0.4 is 11.3 Å². The molecule has 1 atom stereocenters.